The number of rotatable bonds is 7. The predicted octanol–water partition coefficient (Wildman–Crippen LogP) is 1.66. The Morgan fingerprint density at radius 3 is 2.52 bits per heavy atom. The molecule has 0 spiro atoms. The number of nitrogens with zero attached hydrogens (tertiary/aromatic N) is 1. The van der Waals surface area contributed by atoms with Crippen molar-refractivity contribution in [2.24, 2.45) is 5.41 Å². The molecule has 1 saturated carbocycles. The zero-order valence-corrected chi connectivity index (χ0v) is 13.6. The van der Waals surface area contributed by atoms with Crippen LogP contribution in [0.15, 0.2) is 0 Å². The van der Waals surface area contributed by atoms with Crippen molar-refractivity contribution in [3.63, 3.8) is 0 Å². The summed E-state index contributed by atoms with van der Waals surface area (Å²) < 4.78 is 0. The second-order valence-electron chi connectivity index (χ2n) is 6.17. The average molecular weight is 299 g/mol. The number of aliphatic carboxylic acids is 1. The number of carbonyl (C=O) groups excluding carboxylic acids is 1. The molecule has 3 atom stereocenters. The first-order valence-electron chi connectivity index (χ1n) is 7.86. The molecule has 0 radical (unpaired) electrons. The summed E-state index contributed by atoms with van der Waals surface area (Å²) in [5, 5.41) is 15.1. The Bertz CT molecular complexity index is 371. The van der Waals surface area contributed by atoms with E-state index in [4.69, 9.17) is 0 Å². The molecule has 6 heteroatoms. The molecule has 0 aromatic heterocycles. The molecule has 6 nitrogen and oxygen atoms in total. The standard InChI is InChI=1S/C15H29N3O3/c1-5-18(6-2)10-11(3)16-14(21)17-12-8-7-9-15(12,4)13(19)20/h11-12H,5-10H2,1-4H3,(H,19,20)(H2,16,17,21). The first-order valence-corrected chi connectivity index (χ1v) is 7.86. The van der Waals surface area contributed by atoms with E-state index in [-0.39, 0.29) is 18.1 Å². The van der Waals surface area contributed by atoms with Crippen LogP contribution in [-0.4, -0.2) is 53.7 Å². The number of carboxylic acids is 1. The average Bonchev–Trinajstić information content (AvgIpc) is 2.78. The lowest BCUT2D eigenvalue weighted by atomic mass is 9.85. The fourth-order valence-corrected chi connectivity index (χ4v) is 2.99. The molecular formula is C15H29N3O3. The van der Waals surface area contributed by atoms with Crippen LogP contribution in [0.25, 0.3) is 0 Å². The van der Waals surface area contributed by atoms with Crippen LogP contribution < -0.4 is 10.6 Å². The van der Waals surface area contributed by atoms with E-state index in [9.17, 15) is 14.7 Å². The third kappa shape index (κ3) is 4.59. The van der Waals surface area contributed by atoms with Gasteiger partial charge in [-0.2, -0.15) is 0 Å². The number of carboxylic acid groups (broad SMARTS) is 1. The topological polar surface area (TPSA) is 81.7 Å². The maximum absolute atomic E-state index is 12.0. The van der Waals surface area contributed by atoms with Gasteiger partial charge in [0.05, 0.1) is 5.41 Å². The lowest BCUT2D eigenvalue weighted by Gasteiger charge is -2.29. The lowest BCUT2D eigenvalue weighted by Crippen LogP contribution is -2.53. The molecule has 1 rings (SSSR count). The summed E-state index contributed by atoms with van der Waals surface area (Å²) in [5.74, 6) is -0.832. The summed E-state index contributed by atoms with van der Waals surface area (Å²) in [6.07, 6.45) is 2.17. The zero-order valence-electron chi connectivity index (χ0n) is 13.6. The first kappa shape index (κ1) is 17.8. The van der Waals surface area contributed by atoms with Gasteiger partial charge < -0.3 is 20.6 Å². The summed E-state index contributed by atoms with van der Waals surface area (Å²) in [5.41, 5.74) is -0.848. The Balaban J connectivity index is 2.48. The van der Waals surface area contributed by atoms with E-state index < -0.39 is 11.4 Å². The summed E-state index contributed by atoms with van der Waals surface area (Å²) in [6.45, 7) is 10.5. The number of urea groups is 1. The largest absolute Gasteiger partial charge is 0.481 e. The molecule has 1 fully saturated rings. The normalized spacial score (nSPS) is 26.6. The third-order valence-electron chi connectivity index (χ3n) is 4.56. The minimum absolute atomic E-state index is 0.0300. The highest BCUT2D eigenvalue weighted by Gasteiger charge is 2.45. The molecule has 3 N–H and O–H groups in total. The van der Waals surface area contributed by atoms with Crippen LogP contribution in [0.3, 0.4) is 0 Å². The van der Waals surface area contributed by atoms with E-state index in [1.165, 1.54) is 0 Å². The molecule has 21 heavy (non-hydrogen) atoms. The predicted molar refractivity (Wildman–Crippen MR) is 82.3 cm³/mol. The van der Waals surface area contributed by atoms with E-state index in [1.54, 1.807) is 6.92 Å². The van der Waals surface area contributed by atoms with E-state index >= 15 is 0 Å². The van der Waals surface area contributed by atoms with Crippen molar-refractivity contribution in [1.29, 1.82) is 0 Å². The van der Waals surface area contributed by atoms with E-state index in [1.807, 2.05) is 6.92 Å². The zero-order chi connectivity index (χ0) is 16.0. The number of hydrogen-bond acceptors (Lipinski definition) is 3. The molecule has 2 amide bonds. The Hall–Kier alpha value is -1.30. The van der Waals surface area contributed by atoms with Gasteiger partial charge in [0, 0.05) is 18.6 Å². The molecule has 0 aromatic rings. The number of carbonyl (C=O) groups is 2. The fraction of sp³-hybridized carbons (Fsp3) is 0.867. The Morgan fingerprint density at radius 1 is 1.38 bits per heavy atom. The van der Waals surface area contributed by atoms with Crippen LogP contribution in [0.2, 0.25) is 0 Å². The van der Waals surface area contributed by atoms with E-state index in [2.05, 4.69) is 29.4 Å². The number of likely N-dealkylation sites (N-methyl/N-ethyl adjacent to an activating group) is 1. The van der Waals surface area contributed by atoms with Crippen LogP contribution in [0.5, 0.6) is 0 Å². The van der Waals surface area contributed by atoms with Crippen molar-refractivity contribution in [2.45, 2.75) is 59.0 Å². The van der Waals surface area contributed by atoms with Crippen LogP contribution in [0, 0.1) is 5.41 Å². The number of hydrogen-bond donors (Lipinski definition) is 3. The van der Waals surface area contributed by atoms with Crippen molar-refractivity contribution in [2.75, 3.05) is 19.6 Å². The maximum Gasteiger partial charge on any atom is 0.315 e. The van der Waals surface area contributed by atoms with Gasteiger partial charge >= 0.3 is 12.0 Å². The Kier molecular flexibility index (Phi) is 6.45. The third-order valence-corrected chi connectivity index (χ3v) is 4.56. The van der Waals surface area contributed by atoms with Crippen molar-refractivity contribution in [3.8, 4) is 0 Å². The van der Waals surface area contributed by atoms with E-state index in [0.717, 1.165) is 32.5 Å². The molecular weight excluding hydrogens is 270 g/mol. The van der Waals surface area contributed by atoms with Gasteiger partial charge in [0.2, 0.25) is 0 Å². The lowest BCUT2D eigenvalue weighted by molar-refractivity contribution is -0.148. The first-order chi connectivity index (χ1) is 9.83. The summed E-state index contributed by atoms with van der Waals surface area (Å²) in [7, 11) is 0. The second kappa shape index (κ2) is 7.64. The summed E-state index contributed by atoms with van der Waals surface area (Å²) >= 11 is 0. The minimum Gasteiger partial charge on any atom is -0.481 e. The van der Waals surface area contributed by atoms with Gasteiger partial charge in [-0.3, -0.25) is 4.79 Å². The fourth-order valence-electron chi connectivity index (χ4n) is 2.99. The van der Waals surface area contributed by atoms with Gasteiger partial charge in [-0.15, -0.1) is 0 Å². The quantitative estimate of drug-likeness (QED) is 0.668. The molecule has 0 aromatic carbocycles. The van der Waals surface area contributed by atoms with Gasteiger partial charge in [0.15, 0.2) is 0 Å². The molecule has 1 aliphatic carbocycles. The molecule has 3 unspecified atom stereocenters. The molecule has 0 saturated heterocycles. The number of nitrogens with one attached hydrogen (secondary N) is 2. The number of amides is 2. The minimum atomic E-state index is -0.848. The van der Waals surface area contributed by atoms with E-state index in [0.29, 0.717) is 6.42 Å². The molecule has 0 bridgehead atoms. The summed E-state index contributed by atoms with van der Waals surface area (Å²) in [6, 6.07) is -0.535. The van der Waals surface area contributed by atoms with Crippen LogP contribution >= 0.6 is 0 Å². The smallest absolute Gasteiger partial charge is 0.315 e. The van der Waals surface area contributed by atoms with Crippen molar-refractivity contribution in [1.82, 2.24) is 15.5 Å². The molecule has 122 valence electrons. The van der Waals surface area contributed by atoms with Crippen molar-refractivity contribution < 1.29 is 14.7 Å². The van der Waals surface area contributed by atoms with Crippen LogP contribution in [0.4, 0.5) is 4.79 Å². The van der Waals surface area contributed by atoms with Gasteiger partial charge in [-0.05, 0) is 39.8 Å². The van der Waals surface area contributed by atoms with Crippen LogP contribution in [-0.2, 0) is 4.79 Å². The monoisotopic (exact) mass is 299 g/mol. The SMILES string of the molecule is CCN(CC)CC(C)NC(=O)NC1CCCC1(C)C(=O)O. The van der Waals surface area contributed by atoms with Gasteiger partial charge in [-0.1, -0.05) is 20.3 Å². The highest BCUT2D eigenvalue weighted by molar-refractivity contribution is 5.79. The van der Waals surface area contributed by atoms with Gasteiger partial charge in [-0.25, -0.2) is 4.79 Å². The second-order valence-corrected chi connectivity index (χ2v) is 6.17. The molecule has 0 heterocycles. The molecule has 1 aliphatic rings. The van der Waals surface area contributed by atoms with Gasteiger partial charge in [0.1, 0.15) is 0 Å². The highest BCUT2D eigenvalue weighted by Crippen LogP contribution is 2.38. The molecule has 0 aliphatic heterocycles. The van der Waals surface area contributed by atoms with Gasteiger partial charge in [0.25, 0.3) is 0 Å². The maximum atomic E-state index is 12.0. The van der Waals surface area contributed by atoms with Crippen LogP contribution in [0.1, 0.15) is 47.0 Å². The van der Waals surface area contributed by atoms with Crippen molar-refractivity contribution in [3.05, 3.63) is 0 Å². The summed E-state index contributed by atoms with van der Waals surface area (Å²) in [4.78, 5) is 25.7. The Labute approximate surface area is 127 Å². The Morgan fingerprint density at radius 2 is 2.00 bits per heavy atom. The highest BCUT2D eigenvalue weighted by atomic mass is 16.4. The van der Waals surface area contributed by atoms with Crippen molar-refractivity contribution >= 4 is 12.0 Å².